The largest absolute Gasteiger partial charge is 0.476 e. The summed E-state index contributed by atoms with van der Waals surface area (Å²) in [4.78, 5) is 26.1. The van der Waals surface area contributed by atoms with Gasteiger partial charge in [0.2, 0.25) is 5.91 Å². The third kappa shape index (κ3) is 3.11. The van der Waals surface area contributed by atoms with Gasteiger partial charge in [-0.25, -0.2) is 0 Å². The van der Waals surface area contributed by atoms with Crippen molar-refractivity contribution in [2.75, 3.05) is 16.8 Å². The van der Waals surface area contributed by atoms with Crippen molar-refractivity contribution in [2.45, 2.75) is 26.9 Å². The van der Waals surface area contributed by atoms with Crippen molar-refractivity contribution in [3.8, 4) is 5.75 Å². The van der Waals surface area contributed by atoms with Crippen LogP contribution in [-0.4, -0.2) is 24.5 Å². The van der Waals surface area contributed by atoms with Gasteiger partial charge in [0.05, 0.1) is 12.2 Å². The highest BCUT2D eigenvalue weighted by atomic mass is 16.5. The number of rotatable bonds is 2. The second-order valence-electron chi connectivity index (χ2n) is 6.01. The van der Waals surface area contributed by atoms with Crippen LogP contribution >= 0.6 is 0 Å². The zero-order chi connectivity index (χ0) is 17.3. The molecule has 0 unspecified atom stereocenters. The molecule has 0 aromatic heterocycles. The second kappa shape index (κ2) is 6.35. The number of nitrogens with zero attached hydrogens (tertiary/aromatic N) is 1. The van der Waals surface area contributed by atoms with Crippen LogP contribution in [0.1, 0.15) is 18.1 Å². The molecular weight excluding hydrogens is 304 g/mol. The lowest BCUT2D eigenvalue weighted by Gasteiger charge is -2.33. The van der Waals surface area contributed by atoms with Gasteiger partial charge in [0, 0.05) is 12.6 Å². The summed E-state index contributed by atoms with van der Waals surface area (Å²) in [5.41, 5.74) is 3.50. The first-order valence-electron chi connectivity index (χ1n) is 7.87. The predicted octanol–water partition coefficient (Wildman–Crippen LogP) is 3.06. The summed E-state index contributed by atoms with van der Waals surface area (Å²) in [5.74, 6) is 0.166. The molecule has 124 valence electrons. The van der Waals surface area contributed by atoms with Crippen molar-refractivity contribution in [2.24, 2.45) is 0 Å². The molecule has 1 atom stereocenters. The molecule has 1 N–H and O–H groups in total. The number of anilines is 2. The molecule has 24 heavy (non-hydrogen) atoms. The lowest BCUT2D eigenvalue weighted by atomic mass is 10.1. The van der Waals surface area contributed by atoms with Gasteiger partial charge in [0.25, 0.3) is 5.91 Å². The Kier molecular flexibility index (Phi) is 4.25. The average Bonchev–Trinajstić information content (AvgIpc) is 2.57. The Morgan fingerprint density at radius 2 is 1.92 bits per heavy atom. The highest BCUT2D eigenvalue weighted by Gasteiger charge is 2.32. The molecule has 0 radical (unpaired) electrons. The van der Waals surface area contributed by atoms with E-state index in [9.17, 15) is 9.59 Å². The lowest BCUT2D eigenvalue weighted by molar-refractivity contribution is -0.123. The standard InChI is InChI=1S/C19H20N2O3/c1-12-8-9-13(2)15(10-12)20-19(23)18-11-21(14(3)22)16-6-4-5-7-17(16)24-18/h4-10,18H,11H2,1-3H3,(H,20,23)/t18-/m1/s1. The molecule has 5 nitrogen and oxygen atoms in total. The maximum Gasteiger partial charge on any atom is 0.267 e. The Morgan fingerprint density at radius 1 is 1.17 bits per heavy atom. The molecule has 5 heteroatoms. The molecule has 0 spiro atoms. The third-order valence-corrected chi connectivity index (χ3v) is 4.10. The van der Waals surface area contributed by atoms with Crippen LogP contribution < -0.4 is 15.0 Å². The number of hydrogen-bond acceptors (Lipinski definition) is 3. The number of carbonyl (C=O) groups is 2. The minimum Gasteiger partial charge on any atom is -0.476 e. The third-order valence-electron chi connectivity index (χ3n) is 4.10. The fourth-order valence-corrected chi connectivity index (χ4v) is 2.75. The van der Waals surface area contributed by atoms with E-state index in [1.165, 1.54) is 6.92 Å². The van der Waals surface area contributed by atoms with Crippen LogP contribution in [0.4, 0.5) is 11.4 Å². The maximum atomic E-state index is 12.6. The van der Waals surface area contributed by atoms with E-state index in [2.05, 4.69) is 5.32 Å². The van der Waals surface area contributed by atoms with Gasteiger partial charge in [0.1, 0.15) is 5.75 Å². The number of benzene rings is 2. The Morgan fingerprint density at radius 3 is 2.67 bits per heavy atom. The average molecular weight is 324 g/mol. The van der Waals surface area contributed by atoms with Gasteiger partial charge in [-0.15, -0.1) is 0 Å². The summed E-state index contributed by atoms with van der Waals surface area (Å²) in [6, 6.07) is 13.1. The number of para-hydroxylation sites is 2. The van der Waals surface area contributed by atoms with Gasteiger partial charge in [0.15, 0.2) is 6.10 Å². The highest BCUT2D eigenvalue weighted by molar-refractivity contribution is 5.99. The zero-order valence-electron chi connectivity index (χ0n) is 14.0. The smallest absolute Gasteiger partial charge is 0.267 e. The highest BCUT2D eigenvalue weighted by Crippen LogP contribution is 2.33. The van der Waals surface area contributed by atoms with E-state index in [1.807, 2.05) is 50.2 Å². The van der Waals surface area contributed by atoms with E-state index in [1.54, 1.807) is 11.0 Å². The Balaban J connectivity index is 1.84. The SMILES string of the molecule is CC(=O)N1C[C@H](C(=O)Nc2cc(C)ccc2C)Oc2ccccc21. The van der Waals surface area contributed by atoms with E-state index < -0.39 is 6.10 Å². The summed E-state index contributed by atoms with van der Waals surface area (Å²) in [6.07, 6.45) is -0.747. The second-order valence-corrected chi connectivity index (χ2v) is 6.01. The fraction of sp³-hybridized carbons (Fsp3) is 0.263. The van der Waals surface area contributed by atoms with Gasteiger partial charge in [-0.2, -0.15) is 0 Å². The zero-order valence-corrected chi connectivity index (χ0v) is 14.0. The number of amides is 2. The summed E-state index contributed by atoms with van der Waals surface area (Å²) in [7, 11) is 0. The van der Waals surface area contributed by atoms with Crippen LogP contribution in [0.25, 0.3) is 0 Å². The summed E-state index contributed by atoms with van der Waals surface area (Å²) < 4.78 is 5.81. The number of carbonyl (C=O) groups excluding carboxylic acids is 2. The van der Waals surface area contributed by atoms with E-state index in [0.717, 1.165) is 16.8 Å². The van der Waals surface area contributed by atoms with Crippen molar-refractivity contribution in [1.29, 1.82) is 0 Å². The normalized spacial score (nSPS) is 16.1. The fourth-order valence-electron chi connectivity index (χ4n) is 2.75. The molecule has 3 rings (SSSR count). The first kappa shape index (κ1) is 16.1. The Hall–Kier alpha value is -2.82. The predicted molar refractivity (Wildman–Crippen MR) is 93.4 cm³/mol. The Bertz CT molecular complexity index is 801. The lowest BCUT2D eigenvalue weighted by Crippen LogP contribution is -2.48. The molecule has 2 aromatic rings. The van der Waals surface area contributed by atoms with Crippen LogP contribution in [0.5, 0.6) is 5.75 Å². The van der Waals surface area contributed by atoms with Crippen molar-refractivity contribution < 1.29 is 14.3 Å². The molecule has 0 saturated carbocycles. The van der Waals surface area contributed by atoms with Crippen LogP contribution in [0.15, 0.2) is 42.5 Å². The molecule has 2 amide bonds. The minimum atomic E-state index is -0.747. The van der Waals surface area contributed by atoms with Crippen LogP contribution in [0.2, 0.25) is 0 Å². The van der Waals surface area contributed by atoms with Gasteiger partial charge in [-0.05, 0) is 43.2 Å². The molecule has 1 aliphatic heterocycles. The van der Waals surface area contributed by atoms with Crippen molar-refractivity contribution in [3.63, 3.8) is 0 Å². The number of nitrogens with one attached hydrogen (secondary N) is 1. The molecular formula is C19H20N2O3. The molecule has 0 fully saturated rings. The van der Waals surface area contributed by atoms with E-state index in [0.29, 0.717) is 11.4 Å². The first-order chi connectivity index (χ1) is 11.5. The van der Waals surface area contributed by atoms with Crippen molar-refractivity contribution in [3.05, 3.63) is 53.6 Å². The molecule has 2 aromatic carbocycles. The molecule has 1 heterocycles. The number of hydrogen-bond donors (Lipinski definition) is 1. The molecule has 0 bridgehead atoms. The summed E-state index contributed by atoms with van der Waals surface area (Å²) >= 11 is 0. The molecule has 0 aliphatic carbocycles. The topological polar surface area (TPSA) is 58.6 Å². The summed E-state index contributed by atoms with van der Waals surface area (Å²) in [5, 5.41) is 2.91. The van der Waals surface area contributed by atoms with Gasteiger partial charge in [-0.3, -0.25) is 9.59 Å². The Labute approximate surface area is 141 Å². The van der Waals surface area contributed by atoms with Gasteiger partial charge >= 0.3 is 0 Å². The van der Waals surface area contributed by atoms with Gasteiger partial charge in [-0.1, -0.05) is 24.3 Å². The van der Waals surface area contributed by atoms with E-state index >= 15 is 0 Å². The van der Waals surface area contributed by atoms with Crippen LogP contribution in [0, 0.1) is 13.8 Å². The quantitative estimate of drug-likeness (QED) is 0.923. The minimum absolute atomic E-state index is 0.115. The van der Waals surface area contributed by atoms with E-state index in [4.69, 9.17) is 4.74 Å². The number of fused-ring (bicyclic) bond motifs is 1. The van der Waals surface area contributed by atoms with Crippen LogP contribution in [-0.2, 0) is 9.59 Å². The van der Waals surface area contributed by atoms with Crippen molar-refractivity contribution in [1.82, 2.24) is 0 Å². The number of ether oxygens (including phenoxy) is 1. The summed E-state index contributed by atoms with van der Waals surface area (Å²) in [6.45, 7) is 5.60. The van der Waals surface area contributed by atoms with Crippen molar-refractivity contribution >= 4 is 23.2 Å². The molecule has 0 saturated heterocycles. The first-order valence-corrected chi connectivity index (χ1v) is 7.87. The van der Waals surface area contributed by atoms with E-state index in [-0.39, 0.29) is 18.4 Å². The maximum absolute atomic E-state index is 12.6. The monoisotopic (exact) mass is 324 g/mol. The van der Waals surface area contributed by atoms with Crippen LogP contribution in [0.3, 0.4) is 0 Å². The molecule has 1 aliphatic rings. The van der Waals surface area contributed by atoms with Gasteiger partial charge < -0.3 is 15.0 Å². The number of aryl methyl sites for hydroxylation is 2.